The first-order valence-corrected chi connectivity index (χ1v) is 8.99. The van der Waals surface area contributed by atoms with Gasteiger partial charge in [0.15, 0.2) is 0 Å². The highest BCUT2D eigenvalue weighted by molar-refractivity contribution is 6.31. The fourth-order valence-electron chi connectivity index (χ4n) is 3.08. The predicted octanol–water partition coefficient (Wildman–Crippen LogP) is 4.80. The van der Waals surface area contributed by atoms with E-state index in [-0.39, 0.29) is 0 Å². The van der Waals surface area contributed by atoms with Crippen molar-refractivity contribution in [1.82, 2.24) is 9.88 Å². The average Bonchev–Trinajstić information content (AvgIpc) is 2.60. The molecule has 5 heteroatoms. The number of halogens is 1. The number of aromatic nitrogens is 1. The molecule has 1 heterocycles. The van der Waals surface area contributed by atoms with Crippen molar-refractivity contribution in [2.75, 3.05) is 39.1 Å². The monoisotopic (exact) mass is 357 g/mol. The third kappa shape index (κ3) is 3.97. The zero-order chi connectivity index (χ0) is 17.8. The standard InChI is InChI=1S/C20H24ClN3O/c1-4-10-24(2)11-9-22-20-16-7-5-14(21)12-19(16)23-18-8-6-15(25-3)13-17(18)20/h5-8,12-13H,4,9-11H2,1-3H3,(H,22,23). The highest BCUT2D eigenvalue weighted by Gasteiger charge is 2.11. The van der Waals surface area contributed by atoms with E-state index in [4.69, 9.17) is 21.3 Å². The molecule has 132 valence electrons. The Hall–Kier alpha value is -2.04. The number of methoxy groups -OCH3 is 1. The average molecular weight is 358 g/mol. The summed E-state index contributed by atoms with van der Waals surface area (Å²) >= 11 is 6.16. The molecule has 0 fully saturated rings. The van der Waals surface area contributed by atoms with Gasteiger partial charge in [0.05, 0.1) is 23.8 Å². The molecule has 0 aliphatic rings. The summed E-state index contributed by atoms with van der Waals surface area (Å²) in [6.45, 7) is 5.15. The van der Waals surface area contributed by atoms with Gasteiger partial charge >= 0.3 is 0 Å². The van der Waals surface area contributed by atoms with Crippen LogP contribution in [0.25, 0.3) is 21.8 Å². The number of anilines is 1. The summed E-state index contributed by atoms with van der Waals surface area (Å²) < 4.78 is 5.40. The van der Waals surface area contributed by atoms with Crippen molar-refractivity contribution >= 4 is 39.1 Å². The highest BCUT2D eigenvalue weighted by atomic mass is 35.5. The summed E-state index contributed by atoms with van der Waals surface area (Å²) in [5.41, 5.74) is 2.91. The Labute approximate surface area is 153 Å². The Balaban J connectivity index is 2.03. The summed E-state index contributed by atoms with van der Waals surface area (Å²) in [5, 5.41) is 6.44. The van der Waals surface area contributed by atoms with E-state index in [0.717, 1.165) is 59.3 Å². The number of benzene rings is 2. The molecule has 0 saturated carbocycles. The van der Waals surface area contributed by atoms with Gasteiger partial charge in [0, 0.05) is 28.9 Å². The molecule has 0 radical (unpaired) electrons. The number of ether oxygens (including phenoxy) is 1. The maximum Gasteiger partial charge on any atom is 0.119 e. The first-order chi connectivity index (χ1) is 12.1. The quantitative estimate of drug-likeness (QED) is 0.616. The molecule has 4 nitrogen and oxygen atoms in total. The van der Waals surface area contributed by atoms with E-state index < -0.39 is 0 Å². The molecule has 3 aromatic rings. The van der Waals surface area contributed by atoms with Crippen molar-refractivity contribution in [2.24, 2.45) is 0 Å². The second-order valence-electron chi connectivity index (χ2n) is 6.26. The zero-order valence-corrected chi connectivity index (χ0v) is 15.7. The van der Waals surface area contributed by atoms with E-state index in [1.54, 1.807) is 7.11 Å². The Morgan fingerprint density at radius 1 is 1.08 bits per heavy atom. The van der Waals surface area contributed by atoms with Gasteiger partial charge in [-0.25, -0.2) is 4.98 Å². The van der Waals surface area contributed by atoms with E-state index in [2.05, 4.69) is 24.2 Å². The smallest absolute Gasteiger partial charge is 0.119 e. The lowest BCUT2D eigenvalue weighted by Gasteiger charge is -2.18. The molecule has 0 aliphatic heterocycles. The van der Waals surface area contributed by atoms with Gasteiger partial charge in [-0.1, -0.05) is 18.5 Å². The van der Waals surface area contributed by atoms with Crippen molar-refractivity contribution in [2.45, 2.75) is 13.3 Å². The van der Waals surface area contributed by atoms with Gasteiger partial charge in [-0.3, -0.25) is 0 Å². The Morgan fingerprint density at radius 2 is 1.92 bits per heavy atom. The summed E-state index contributed by atoms with van der Waals surface area (Å²) in [7, 11) is 3.83. The van der Waals surface area contributed by atoms with E-state index in [1.807, 2.05) is 36.4 Å². The SMILES string of the molecule is CCCN(C)CCNc1c2ccc(Cl)cc2nc2ccc(OC)cc12. The minimum absolute atomic E-state index is 0.696. The third-order valence-corrected chi connectivity index (χ3v) is 4.58. The molecule has 0 saturated heterocycles. The second kappa shape index (κ2) is 7.89. The molecular formula is C20H24ClN3O. The van der Waals surface area contributed by atoms with Crippen LogP contribution in [-0.4, -0.2) is 43.7 Å². The summed E-state index contributed by atoms with van der Waals surface area (Å²) in [5.74, 6) is 0.828. The minimum atomic E-state index is 0.696. The van der Waals surface area contributed by atoms with Crippen molar-refractivity contribution in [3.63, 3.8) is 0 Å². The van der Waals surface area contributed by atoms with Gasteiger partial charge in [-0.2, -0.15) is 0 Å². The van der Waals surface area contributed by atoms with Crippen molar-refractivity contribution in [1.29, 1.82) is 0 Å². The third-order valence-electron chi connectivity index (χ3n) is 4.34. The van der Waals surface area contributed by atoms with E-state index in [1.165, 1.54) is 0 Å². The molecule has 1 N–H and O–H groups in total. The minimum Gasteiger partial charge on any atom is -0.497 e. The molecule has 0 spiro atoms. The molecule has 0 atom stereocenters. The molecule has 0 amide bonds. The number of pyridine rings is 1. The Morgan fingerprint density at radius 3 is 2.68 bits per heavy atom. The largest absolute Gasteiger partial charge is 0.497 e. The van der Waals surface area contributed by atoms with Gasteiger partial charge in [0.1, 0.15) is 5.75 Å². The molecule has 0 aliphatic carbocycles. The number of likely N-dealkylation sites (N-methyl/N-ethyl adjacent to an activating group) is 1. The summed E-state index contributed by atoms with van der Waals surface area (Å²) in [6.07, 6.45) is 1.16. The van der Waals surface area contributed by atoms with Gasteiger partial charge in [-0.15, -0.1) is 0 Å². The van der Waals surface area contributed by atoms with Crippen LogP contribution in [0.15, 0.2) is 36.4 Å². The molecule has 1 aromatic heterocycles. The van der Waals surface area contributed by atoms with Crippen LogP contribution in [-0.2, 0) is 0 Å². The van der Waals surface area contributed by atoms with Gasteiger partial charge in [-0.05, 0) is 56.4 Å². The molecule has 2 aromatic carbocycles. The van der Waals surface area contributed by atoms with Crippen LogP contribution >= 0.6 is 11.6 Å². The van der Waals surface area contributed by atoms with Crippen molar-refractivity contribution < 1.29 is 4.74 Å². The lowest BCUT2D eigenvalue weighted by atomic mass is 10.1. The van der Waals surface area contributed by atoms with E-state index in [0.29, 0.717) is 5.02 Å². The summed E-state index contributed by atoms with van der Waals surface area (Å²) in [4.78, 5) is 7.09. The van der Waals surface area contributed by atoms with E-state index >= 15 is 0 Å². The number of fused-ring (bicyclic) bond motifs is 2. The lowest BCUT2D eigenvalue weighted by molar-refractivity contribution is 0.348. The van der Waals surface area contributed by atoms with Crippen LogP contribution in [0.1, 0.15) is 13.3 Å². The van der Waals surface area contributed by atoms with Crippen LogP contribution in [0.2, 0.25) is 5.02 Å². The first kappa shape index (κ1) is 17.8. The van der Waals surface area contributed by atoms with Gasteiger partial charge in [0.25, 0.3) is 0 Å². The number of nitrogens with one attached hydrogen (secondary N) is 1. The summed E-state index contributed by atoms with van der Waals surface area (Å²) in [6, 6.07) is 11.8. The molecule has 3 rings (SSSR count). The van der Waals surface area contributed by atoms with Crippen LogP contribution in [0.3, 0.4) is 0 Å². The van der Waals surface area contributed by atoms with Crippen LogP contribution < -0.4 is 10.1 Å². The molecule has 25 heavy (non-hydrogen) atoms. The van der Waals surface area contributed by atoms with E-state index in [9.17, 15) is 0 Å². The maximum atomic E-state index is 6.16. The fourth-order valence-corrected chi connectivity index (χ4v) is 3.25. The number of rotatable bonds is 7. The lowest BCUT2D eigenvalue weighted by Crippen LogP contribution is -2.25. The van der Waals surface area contributed by atoms with Crippen LogP contribution in [0.5, 0.6) is 5.75 Å². The number of hydrogen-bond donors (Lipinski definition) is 1. The Bertz CT molecular complexity index is 882. The topological polar surface area (TPSA) is 37.4 Å². The highest BCUT2D eigenvalue weighted by Crippen LogP contribution is 2.34. The number of hydrogen-bond acceptors (Lipinski definition) is 4. The first-order valence-electron chi connectivity index (χ1n) is 8.61. The normalized spacial score (nSPS) is 11.4. The van der Waals surface area contributed by atoms with Crippen LogP contribution in [0, 0.1) is 0 Å². The Kier molecular flexibility index (Phi) is 5.61. The van der Waals surface area contributed by atoms with Crippen LogP contribution in [0.4, 0.5) is 5.69 Å². The van der Waals surface area contributed by atoms with Crippen molar-refractivity contribution in [3.8, 4) is 5.75 Å². The maximum absolute atomic E-state index is 6.16. The molecule has 0 unspecified atom stereocenters. The van der Waals surface area contributed by atoms with Crippen molar-refractivity contribution in [3.05, 3.63) is 41.4 Å². The van der Waals surface area contributed by atoms with Gasteiger partial charge in [0.2, 0.25) is 0 Å². The predicted molar refractivity (Wildman–Crippen MR) is 107 cm³/mol. The number of nitrogens with zero attached hydrogens (tertiary/aromatic N) is 2. The van der Waals surface area contributed by atoms with Gasteiger partial charge < -0.3 is 15.0 Å². The molecule has 0 bridgehead atoms. The fraction of sp³-hybridized carbons (Fsp3) is 0.350. The zero-order valence-electron chi connectivity index (χ0n) is 15.0. The second-order valence-corrected chi connectivity index (χ2v) is 6.70. The molecular weight excluding hydrogens is 334 g/mol.